The van der Waals surface area contributed by atoms with Crippen molar-refractivity contribution in [2.24, 2.45) is 0 Å². The Bertz CT molecular complexity index is 301. The number of hydrogen-bond acceptors (Lipinski definition) is 2. The maximum atomic E-state index is 3.69. The molecule has 2 rings (SSSR count). The van der Waals surface area contributed by atoms with E-state index in [1.165, 1.54) is 29.1 Å². The highest BCUT2D eigenvalue weighted by Gasteiger charge is 2.17. The first kappa shape index (κ1) is 11.0. The van der Waals surface area contributed by atoms with Gasteiger partial charge in [0.2, 0.25) is 0 Å². The second-order valence-corrected chi connectivity index (χ2v) is 5.51. The van der Waals surface area contributed by atoms with Crippen molar-refractivity contribution in [3.05, 3.63) is 35.4 Å². The minimum atomic E-state index is 0.481. The van der Waals surface area contributed by atoms with Crippen molar-refractivity contribution in [3.63, 3.8) is 0 Å². The fraction of sp³-hybridized carbons (Fsp3) is 0.538. The monoisotopic (exact) mass is 221 g/mol. The first-order chi connectivity index (χ1) is 7.25. The summed E-state index contributed by atoms with van der Waals surface area (Å²) < 4.78 is 0. The van der Waals surface area contributed by atoms with Gasteiger partial charge in [0.05, 0.1) is 0 Å². The molecule has 15 heavy (non-hydrogen) atoms. The van der Waals surface area contributed by atoms with E-state index >= 15 is 0 Å². The summed E-state index contributed by atoms with van der Waals surface area (Å²) in [7, 11) is 0. The summed E-state index contributed by atoms with van der Waals surface area (Å²) in [5, 5.41) is 3.69. The van der Waals surface area contributed by atoms with Crippen molar-refractivity contribution in [3.8, 4) is 0 Å². The molecule has 2 atom stereocenters. The zero-order valence-corrected chi connectivity index (χ0v) is 10.3. The molecule has 0 saturated carbocycles. The summed E-state index contributed by atoms with van der Waals surface area (Å²) >= 11 is 2.06. The summed E-state index contributed by atoms with van der Waals surface area (Å²) in [4.78, 5) is 0. The molecule has 1 fully saturated rings. The lowest BCUT2D eigenvalue weighted by atomic mass is 10.1. The Kier molecular flexibility index (Phi) is 3.71. The number of thioether (sulfide) groups is 1. The molecule has 1 heterocycles. The lowest BCUT2D eigenvalue weighted by Gasteiger charge is -2.19. The van der Waals surface area contributed by atoms with Gasteiger partial charge in [-0.3, -0.25) is 0 Å². The largest absolute Gasteiger partial charge is 0.307 e. The lowest BCUT2D eigenvalue weighted by molar-refractivity contribution is 0.486. The van der Waals surface area contributed by atoms with E-state index in [9.17, 15) is 0 Å². The Labute approximate surface area is 96.7 Å². The Morgan fingerprint density at radius 3 is 2.67 bits per heavy atom. The maximum absolute atomic E-state index is 3.69. The van der Waals surface area contributed by atoms with Gasteiger partial charge in [-0.15, -0.1) is 0 Å². The molecule has 0 bridgehead atoms. The Balaban J connectivity index is 1.94. The highest BCUT2D eigenvalue weighted by atomic mass is 32.2. The lowest BCUT2D eigenvalue weighted by Crippen LogP contribution is -2.31. The van der Waals surface area contributed by atoms with Gasteiger partial charge < -0.3 is 5.32 Å². The summed E-state index contributed by atoms with van der Waals surface area (Å²) in [6.07, 6.45) is 1.32. The van der Waals surface area contributed by atoms with Crippen LogP contribution in [-0.2, 0) is 0 Å². The highest BCUT2D eigenvalue weighted by Crippen LogP contribution is 2.21. The topological polar surface area (TPSA) is 12.0 Å². The van der Waals surface area contributed by atoms with Crippen LogP contribution in [0.4, 0.5) is 0 Å². The molecule has 1 N–H and O–H groups in total. The van der Waals surface area contributed by atoms with E-state index in [-0.39, 0.29) is 0 Å². The minimum Gasteiger partial charge on any atom is -0.307 e. The summed E-state index contributed by atoms with van der Waals surface area (Å²) in [5.41, 5.74) is 2.74. The van der Waals surface area contributed by atoms with Crippen LogP contribution in [0, 0.1) is 6.92 Å². The molecule has 0 aliphatic carbocycles. The molecule has 0 spiro atoms. The van der Waals surface area contributed by atoms with Crippen molar-refractivity contribution in [1.82, 2.24) is 5.32 Å². The Hall–Kier alpha value is -0.470. The van der Waals surface area contributed by atoms with Crippen molar-refractivity contribution < 1.29 is 0 Å². The molecule has 1 unspecified atom stereocenters. The Morgan fingerprint density at radius 1 is 1.33 bits per heavy atom. The molecule has 1 aliphatic rings. The van der Waals surface area contributed by atoms with Gasteiger partial charge in [0.1, 0.15) is 0 Å². The van der Waals surface area contributed by atoms with E-state index in [1.54, 1.807) is 0 Å². The summed E-state index contributed by atoms with van der Waals surface area (Å²) in [5.74, 6) is 2.59. The van der Waals surface area contributed by atoms with Gasteiger partial charge in [-0.05, 0) is 31.6 Å². The van der Waals surface area contributed by atoms with Gasteiger partial charge in [0, 0.05) is 17.8 Å². The average molecular weight is 221 g/mol. The molecule has 2 heteroatoms. The van der Waals surface area contributed by atoms with Crippen molar-refractivity contribution in [2.45, 2.75) is 32.4 Å². The van der Waals surface area contributed by atoms with Crippen LogP contribution >= 0.6 is 11.8 Å². The second-order valence-electron chi connectivity index (χ2n) is 4.36. The summed E-state index contributed by atoms with van der Waals surface area (Å²) in [6.45, 7) is 4.39. The molecule has 1 nitrogen and oxygen atoms in total. The van der Waals surface area contributed by atoms with Crippen LogP contribution in [0.15, 0.2) is 24.3 Å². The first-order valence-corrected chi connectivity index (χ1v) is 6.81. The predicted molar refractivity (Wildman–Crippen MR) is 68.5 cm³/mol. The van der Waals surface area contributed by atoms with E-state index in [2.05, 4.69) is 55.2 Å². The molecule has 0 radical (unpaired) electrons. The molecule has 0 amide bonds. The number of rotatable bonds is 3. The molecule has 0 aromatic heterocycles. The fourth-order valence-corrected chi connectivity index (χ4v) is 3.14. The number of hydrogen-bond donors (Lipinski definition) is 1. The van der Waals surface area contributed by atoms with Crippen LogP contribution in [0.2, 0.25) is 0 Å². The zero-order valence-electron chi connectivity index (χ0n) is 9.49. The first-order valence-electron chi connectivity index (χ1n) is 5.66. The Morgan fingerprint density at radius 2 is 2.07 bits per heavy atom. The van der Waals surface area contributed by atoms with Crippen LogP contribution in [-0.4, -0.2) is 17.5 Å². The second kappa shape index (κ2) is 5.04. The highest BCUT2D eigenvalue weighted by molar-refractivity contribution is 7.99. The van der Waals surface area contributed by atoms with E-state index < -0.39 is 0 Å². The third-order valence-corrected chi connectivity index (χ3v) is 4.16. The zero-order chi connectivity index (χ0) is 10.7. The van der Waals surface area contributed by atoms with Crippen molar-refractivity contribution in [1.29, 1.82) is 0 Å². The molecule has 1 aliphatic heterocycles. The van der Waals surface area contributed by atoms with Crippen molar-refractivity contribution >= 4 is 11.8 Å². The van der Waals surface area contributed by atoms with E-state index in [4.69, 9.17) is 0 Å². The smallest absolute Gasteiger partial charge is 0.0294 e. The summed E-state index contributed by atoms with van der Waals surface area (Å²) in [6, 6.07) is 10.0. The molecule has 82 valence electrons. The third-order valence-electron chi connectivity index (χ3n) is 2.99. The van der Waals surface area contributed by atoms with Crippen LogP contribution in [0.3, 0.4) is 0 Å². The van der Waals surface area contributed by atoms with Gasteiger partial charge in [0.25, 0.3) is 0 Å². The van der Waals surface area contributed by atoms with Gasteiger partial charge in [0.15, 0.2) is 0 Å². The predicted octanol–water partition coefficient (Wildman–Crippen LogP) is 3.15. The molecular weight excluding hydrogens is 202 g/mol. The van der Waals surface area contributed by atoms with E-state index in [0.29, 0.717) is 12.1 Å². The van der Waals surface area contributed by atoms with Crippen LogP contribution in [0.5, 0.6) is 0 Å². The number of benzene rings is 1. The molecular formula is C13H19NS. The van der Waals surface area contributed by atoms with Gasteiger partial charge >= 0.3 is 0 Å². The average Bonchev–Trinajstić information content (AvgIpc) is 2.71. The number of nitrogens with one attached hydrogen (secondary N) is 1. The quantitative estimate of drug-likeness (QED) is 0.841. The van der Waals surface area contributed by atoms with Crippen molar-refractivity contribution in [2.75, 3.05) is 11.5 Å². The third kappa shape index (κ3) is 2.99. The van der Waals surface area contributed by atoms with Gasteiger partial charge in [-0.1, -0.05) is 29.8 Å². The van der Waals surface area contributed by atoms with E-state index in [1.807, 2.05) is 0 Å². The SMILES string of the molecule is Cc1ccc([C@@H](C)NC2CCSC2)cc1. The van der Waals surface area contributed by atoms with E-state index in [0.717, 1.165) is 0 Å². The fourth-order valence-electron chi connectivity index (χ4n) is 1.97. The number of aryl methyl sites for hydroxylation is 1. The van der Waals surface area contributed by atoms with Gasteiger partial charge in [-0.2, -0.15) is 11.8 Å². The normalized spacial score (nSPS) is 22.9. The van der Waals surface area contributed by atoms with Gasteiger partial charge in [-0.25, -0.2) is 0 Å². The minimum absolute atomic E-state index is 0.481. The maximum Gasteiger partial charge on any atom is 0.0294 e. The molecule has 1 saturated heterocycles. The molecule has 1 aromatic carbocycles. The standard InChI is InChI=1S/C13H19NS/c1-10-3-5-12(6-4-10)11(2)14-13-7-8-15-9-13/h3-6,11,13-14H,7-9H2,1-2H3/t11-,13?/m1/s1. The van der Waals surface area contributed by atoms with Crippen LogP contribution < -0.4 is 5.32 Å². The van der Waals surface area contributed by atoms with Crippen LogP contribution in [0.25, 0.3) is 0 Å². The molecule has 1 aromatic rings. The van der Waals surface area contributed by atoms with Crippen LogP contribution in [0.1, 0.15) is 30.5 Å².